The Bertz CT molecular complexity index is 1340. The largest absolute Gasteiger partial charge is 0.304 e. The summed E-state index contributed by atoms with van der Waals surface area (Å²) in [5.41, 5.74) is 4.48. The number of para-hydroxylation sites is 1. The highest BCUT2D eigenvalue weighted by molar-refractivity contribution is 6.04. The van der Waals surface area contributed by atoms with E-state index < -0.39 is 0 Å². The number of hydrogen-bond donors (Lipinski definition) is 1. The van der Waals surface area contributed by atoms with Crippen molar-refractivity contribution in [1.82, 2.24) is 24.4 Å². The molecule has 0 radical (unpaired) electrons. The molecule has 0 saturated heterocycles. The first kappa shape index (κ1) is 17.8. The molecule has 0 fully saturated rings. The topological polar surface area (TPSA) is 77.1 Å². The molecule has 3 heterocycles. The Morgan fingerprint density at radius 1 is 0.967 bits per heavy atom. The summed E-state index contributed by atoms with van der Waals surface area (Å²) in [5, 5.41) is 11.5. The number of anilines is 1. The van der Waals surface area contributed by atoms with E-state index in [0.29, 0.717) is 11.5 Å². The van der Waals surface area contributed by atoms with Crippen LogP contribution in [0.1, 0.15) is 16.1 Å². The van der Waals surface area contributed by atoms with E-state index in [9.17, 15) is 4.79 Å². The highest BCUT2D eigenvalue weighted by Gasteiger charge is 2.19. The van der Waals surface area contributed by atoms with Gasteiger partial charge in [-0.05, 0) is 36.8 Å². The normalized spacial score (nSPS) is 11.0. The monoisotopic (exact) mass is 394 g/mol. The molecule has 0 atom stereocenters. The van der Waals surface area contributed by atoms with Crippen LogP contribution in [-0.2, 0) is 0 Å². The van der Waals surface area contributed by atoms with Gasteiger partial charge in [0.15, 0.2) is 5.69 Å². The van der Waals surface area contributed by atoms with Crippen molar-refractivity contribution in [2.75, 3.05) is 5.32 Å². The molecule has 146 valence electrons. The van der Waals surface area contributed by atoms with Gasteiger partial charge in [0.2, 0.25) is 0 Å². The van der Waals surface area contributed by atoms with Crippen molar-refractivity contribution in [2.45, 2.75) is 6.92 Å². The SMILES string of the molecule is Cc1ccn2c(NC(=O)c3cnn(-c4ccccc4)n3)c(-c3ccccc3)nc2c1. The highest BCUT2D eigenvalue weighted by atomic mass is 16.2. The van der Waals surface area contributed by atoms with E-state index in [1.165, 1.54) is 11.0 Å². The molecule has 0 unspecified atom stereocenters. The molecule has 5 rings (SSSR count). The number of fused-ring (bicyclic) bond motifs is 1. The Labute approximate surface area is 172 Å². The van der Waals surface area contributed by atoms with Crippen molar-refractivity contribution in [1.29, 1.82) is 0 Å². The zero-order valence-corrected chi connectivity index (χ0v) is 16.2. The maximum absolute atomic E-state index is 13.0. The van der Waals surface area contributed by atoms with Gasteiger partial charge >= 0.3 is 0 Å². The van der Waals surface area contributed by atoms with Crippen LogP contribution in [-0.4, -0.2) is 30.3 Å². The van der Waals surface area contributed by atoms with Crippen LogP contribution >= 0.6 is 0 Å². The van der Waals surface area contributed by atoms with Crippen molar-refractivity contribution in [2.24, 2.45) is 0 Å². The molecule has 1 amide bonds. The van der Waals surface area contributed by atoms with Crippen molar-refractivity contribution >= 4 is 17.4 Å². The van der Waals surface area contributed by atoms with Crippen LogP contribution < -0.4 is 5.32 Å². The second kappa shape index (κ2) is 7.29. The van der Waals surface area contributed by atoms with E-state index in [2.05, 4.69) is 15.5 Å². The zero-order chi connectivity index (χ0) is 20.5. The smallest absolute Gasteiger partial charge is 0.279 e. The summed E-state index contributed by atoms with van der Waals surface area (Å²) >= 11 is 0. The van der Waals surface area contributed by atoms with Gasteiger partial charge < -0.3 is 5.32 Å². The van der Waals surface area contributed by atoms with E-state index in [1.807, 2.05) is 90.3 Å². The van der Waals surface area contributed by atoms with Gasteiger partial charge in [-0.15, -0.1) is 5.10 Å². The minimum atomic E-state index is -0.350. The van der Waals surface area contributed by atoms with Crippen LogP contribution in [0.2, 0.25) is 0 Å². The maximum atomic E-state index is 13.0. The van der Waals surface area contributed by atoms with Gasteiger partial charge in [-0.25, -0.2) is 4.98 Å². The molecule has 0 bridgehead atoms. The number of nitrogens with zero attached hydrogens (tertiary/aromatic N) is 5. The fourth-order valence-electron chi connectivity index (χ4n) is 3.29. The Balaban J connectivity index is 1.53. The fourth-order valence-corrected chi connectivity index (χ4v) is 3.29. The van der Waals surface area contributed by atoms with Gasteiger partial charge in [0.05, 0.1) is 11.9 Å². The molecule has 0 aliphatic rings. The number of aromatic nitrogens is 5. The predicted octanol–water partition coefficient (Wildman–Crippen LogP) is 4.14. The molecule has 3 aromatic heterocycles. The number of imidazole rings is 1. The standard InChI is InChI=1S/C23H18N6O/c1-16-12-13-28-20(14-16)25-21(17-8-4-2-5-9-17)22(28)26-23(30)19-15-24-29(27-19)18-10-6-3-7-11-18/h2-15H,1H3,(H,26,30). The lowest BCUT2D eigenvalue weighted by atomic mass is 10.1. The first-order valence-corrected chi connectivity index (χ1v) is 9.52. The Hall–Kier alpha value is -4.26. The summed E-state index contributed by atoms with van der Waals surface area (Å²) in [5.74, 6) is 0.243. The van der Waals surface area contributed by atoms with Crippen molar-refractivity contribution in [3.8, 4) is 16.9 Å². The number of carbonyl (C=O) groups is 1. The van der Waals surface area contributed by atoms with E-state index >= 15 is 0 Å². The molecule has 1 N–H and O–H groups in total. The average molecular weight is 394 g/mol. The molecule has 7 heteroatoms. The van der Waals surface area contributed by atoms with Crippen molar-refractivity contribution < 1.29 is 4.79 Å². The average Bonchev–Trinajstić information content (AvgIpc) is 3.40. The third-order valence-corrected chi connectivity index (χ3v) is 4.77. The van der Waals surface area contributed by atoms with Crippen LogP contribution in [0, 0.1) is 6.92 Å². The fraction of sp³-hybridized carbons (Fsp3) is 0.0435. The summed E-state index contributed by atoms with van der Waals surface area (Å²) in [7, 11) is 0. The third kappa shape index (κ3) is 3.22. The highest BCUT2D eigenvalue weighted by Crippen LogP contribution is 2.29. The Kier molecular flexibility index (Phi) is 4.33. The maximum Gasteiger partial charge on any atom is 0.279 e. The van der Waals surface area contributed by atoms with Gasteiger partial charge in [0.25, 0.3) is 5.91 Å². The van der Waals surface area contributed by atoms with Gasteiger partial charge in [-0.3, -0.25) is 9.20 Å². The van der Waals surface area contributed by atoms with Crippen LogP contribution in [0.15, 0.2) is 85.2 Å². The lowest BCUT2D eigenvalue weighted by Crippen LogP contribution is -2.15. The van der Waals surface area contributed by atoms with Crippen LogP contribution in [0.5, 0.6) is 0 Å². The lowest BCUT2D eigenvalue weighted by Gasteiger charge is -2.06. The number of rotatable bonds is 4. The quantitative estimate of drug-likeness (QED) is 0.497. The second-order valence-corrected chi connectivity index (χ2v) is 6.92. The number of hydrogen-bond acceptors (Lipinski definition) is 4. The molecule has 0 aliphatic heterocycles. The number of benzene rings is 2. The van der Waals surface area contributed by atoms with E-state index in [-0.39, 0.29) is 11.6 Å². The van der Waals surface area contributed by atoms with E-state index in [1.54, 1.807) is 0 Å². The van der Waals surface area contributed by atoms with Crippen LogP contribution in [0.25, 0.3) is 22.6 Å². The van der Waals surface area contributed by atoms with Crippen LogP contribution in [0.4, 0.5) is 5.82 Å². The molecule has 0 aliphatic carbocycles. The van der Waals surface area contributed by atoms with Crippen molar-refractivity contribution in [3.05, 3.63) is 96.4 Å². The number of pyridine rings is 1. The van der Waals surface area contributed by atoms with E-state index in [0.717, 1.165) is 22.5 Å². The van der Waals surface area contributed by atoms with E-state index in [4.69, 9.17) is 4.98 Å². The molecule has 30 heavy (non-hydrogen) atoms. The summed E-state index contributed by atoms with van der Waals surface area (Å²) in [6, 6.07) is 23.2. The first-order chi connectivity index (χ1) is 14.7. The molecular formula is C23H18N6O. The molecule has 5 aromatic rings. The number of carbonyl (C=O) groups excluding carboxylic acids is 1. The molecule has 0 saturated carbocycles. The number of nitrogens with one attached hydrogen (secondary N) is 1. The lowest BCUT2D eigenvalue weighted by molar-refractivity contribution is 0.102. The van der Waals surface area contributed by atoms with Gasteiger partial charge in [0, 0.05) is 11.8 Å². The second-order valence-electron chi connectivity index (χ2n) is 6.92. The minimum absolute atomic E-state index is 0.222. The molecule has 0 spiro atoms. The third-order valence-electron chi connectivity index (χ3n) is 4.77. The summed E-state index contributed by atoms with van der Waals surface area (Å²) in [4.78, 5) is 19.2. The summed E-state index contributed by atoms with van der Waals surface area (Å²) in [6.07, 6.45) is 3.36. The zero-order valence-electron chi connectivity index (χ0n) is 16.2. The number of aryl methyl sites for hydroxylation is 1. The summed E-state index contributed by atoms with van der Waals surface area (Å²) in [6.45, 7) is 2.01. The molecule has 7 nitrogen and oxygen atoms in total. The van der Waals surface area contributed by atoms with Crippen LogP contribution in [0.3, 0.4) is 0 Å². The van der Waals surface area contributed by atoms with Gasteiger partial charge in [-0.1, -0.05) is 48.5 Å². The Morgan fingerprint density at radius 2 is 1.70 bits per heavy atom. The molecular weight excluding hydrogens is 376 g/mol. The first-order valence-electron chi connectivity index (χ1n) is 9.52. The minimum Gasteiger partial charge on any atom is -0.304 e. The van der Waals surface area contributed by atoms with Gasteiger partial charge in [-0.2, -0.15) is 9.90 Å². The Morgan fingerprint density at radius 3 is 2.47 bits per heavy atom. The number of amides is 1. The molecule has 2 aromatic carbocycles. The summed E-state index contributed by atoms with van der Waals surface area (Å²) < 4.78 is 1.87. The van der Waals surface area contributed by atoms with Crippen molar-refractivity contribution in [3.63, 3.8) is 0 Å². The predicted molar refractivity (Wildman–Crippen MR) is 115 cm³/mol. The van der Waals surface area contributed by atoms with Gasteiger partial charge in [0.1, 0.15) is 17.2 Å².